The first kappa shape index (κ1) is 21.1. The van der Waals surface area contributed by atoms with E-state index in [0.29, 0.717) is 12.4 Å². The van der Waals surface area contributed by atoms with Gasteiger partial charge in [0.05, 0.1) is 12.7 Å². The molecule has 1 aromatic carbocycles. The van der Waals surface area contributed by atoms with E-state index in [-0.39, 0.29) is 17.3 Å². The quantitative estimate of drug-likeness (QED) is 0.603. The number of oxazole rings is 1. The molecule has 1 aliphatic rings. The number of guanidine groups is 1. The van der Waals surface area contributed by atoms with Gasteiger partial charge in [-0.2, -0.15) is 0 Å². The Hall–Kier alpha value is -2.57. The standard InChI is InChI=1S/C22H32FN5O/c1-15-11-16(23)8-9-18(15)28-10-6-7-17(14-28)27-21(24-5)26-13-20-25-12-19(29-20)22(2,3)4/h8-9,11-12,17H,6-7,10,13-14H2,1-5H3,(H2,24,26,27). The molecule has 1 aromatic heterocycles. The first-order chi connectivity index (χ1) is 13.8. The van der Waals surface area contributed by atoms with E-state index >= 15 is 0 Å². The Balaban J connectivity index is 1.57. The number of aliphatic imine (C=N–C) groups is 1. The third-order valence-electron chi connectivity index (χ3n) is 5.19. The molecule has 1 atom stereocenters. The second-order valence-corrected chi connectivity index (χ2v) is 8.65. The molecule has 3 rings (SSSR count). The Kier molecular flexibility index (Phi) is 6.45. The first-order valence-corrected chi connectivity index (χ1v) is 10.2. The van der Waals surface area contributed by atoms with Crippen molar-refractivity contribution < 1.29 is 8.81 Å². The van der Waals surface area contributed by atoms with Crippen LogP contribution in [0.2, 0.25) is 0 Å². The number of nitrogens with zero attached hydrogens (tertiary/aromatic N) is 3. The summed E-state index contributed by atoms with van der Waals surface area (Å²) in [5.74, 6) is 2.05. The van der Waals surface area contributed by atoms with Crippen LogP contribution in [0.25, 0.3) is 0 Å². The number of benzene rings is 1. The summed E-state index contributed by atoms with van der Waals surface area (Å²) in [5, 5.41) is 6.78. The Morgan fingerprint density at radius 3 is 2.83 bits per heavy atom. The molecule has 0 aliphatic carbocycles. The smallest absolute Gasteiger partial charge is 0.213 e. The predicted molar refractivity (Wildman–Crippen MR) is 115 cm³/mol. The third kappa shape index (κ3) is 5.49. The van der Waals surface area contributed by atoms with Crippen LogP contribution in [0, 0.1) is 12.7 Å². The number of rotatable bonds is 4. The molecule has 2 heterocycles. The van der Waals surface area contributed by atoms with Gasteiger partial charge in [0.25, 0.3) is 0 Å². The lowest BCUT2D eigenvalue weighted by Gasteiger charge is -2.36. The van der Waals surface area contributed by atoms with E-state index in [1.54, 1.807) is 19.3 Å². The summed E-state index contributed by atoms with van der Waals surface area (Å²) in [6.07, 6.45) is 3.92. The van der Waals surface area contributed by atoms with Crippen molar-refractivity contribution in [3.8, 4) is 0 Å². The van der Waals surface area contributed by atoms with Crippen LogP contribution < -0.4 is 15.5 Å². The zero-order valence-electron chi connectivity index (χ0n) is 18.1. The summed E-state index contributed by atoms with van der Waals surface area (Å²) < 4.78 is 19.3. The average molecular weight is 402 g/mol. The number of aryl methyl sites for hydroxylation is 1. The second kappa shape index (κ2) is 8.84. The normalized spacial score (nSPS) is 18.1. The van der Waals surface area contributed by atoms with Gasteiger partial charge >= 0.3 is 0 Å². The maximum Gasteiger partial charge on any atom is 0.213 e. The molecule has 0 saturated carbocycles. The summed E-state index contributed by atoms with van der Waals surface area (Å²) in [7, 11) is 1.76. The van der Waals surface area contributed by atoms with Crippen LogP contribution >= 0.6 is 0 Å². The van der Waals surface area contributed by atoms with Gasteiger partial charge in [0.15, 0.2) is 5.96 Å². The zero-order chi connectivity index (χ0) is 21.0. The number of aromatic nitrogens is 1. The van der Waals surface area contributed by atoms with Gasteiger partial charge < -0.3 is 20.0 Å². The van der Waals surface area contributed by atoms with Crippen LogP contribution in [0.15, 0.2) is 33.8 Å². The maximum atomic E-state index is 13.4. The topological polar surface area (TPSA) is 65.7 Å². The Bertz CT molecular complexity index is 855. The van der Waals surface area contributed by atoms with E-state index in [1.807, 2.05) is 13.0 Å². The van der Waals surface area contributed by atoms with Gasteiger partial charge in [-0.3, -0.25) is 4.99 Å². The molecule has 29 heavy (non-hydrogen) atoms. The third-order valence-corrected chi connectivity index (χ3v) is 5.19. The summed E-state index contributed by atoms with van der Waals surface area (Å²) in [6, 6.07) is 5.25. The summed E-state index contributed by atoms with van der Waals surface area (Å²) >= 11 is 0. The largest absolute Gasteiger partial charge is 0.443 e. The van der Waals surface area contributed by atoms with Gasteiger partial charge in [0.2, 0.25) is 5.89 Å². The molecular formula is C22H32FN5O. The van der Waals surface area contributed by atoms with Gasteiger partial charge in [0, 0.05) is 37.3 Å². The summed E-state index contributed by atoms with van der Waals surface area (Å²) in [5.41, 5.74) is 2.00. The lowest BCUT2D eigenvalue weighted by molar-refractivity contribution is 0.379. The lowest BCUT2D eigenvalue weighted by atomic mass is 9.94. The van der Waals surface area contributed by atoms with Crippen molar-refractivity contribution in [3.63, 3.8) is 0 Å². The Morgan fingerprint density at radius 2 is 2.17 bits per heavy atom. The lowest BCUT2D eigenvalue weighted by Crippen LogP contribution is -2.51. The van der Waals surface area contributed by atoms with Gasteiger partial charge in [0.1, 0.15) is 11.6 Å². The van der Waals surface area contributed by atoms with Crippen LogP contribution in [-0.4, -0.2) is 37.1 Å². The maximum absolute atomic E-state index is 13.4. The highest BCUT2D eigenvalue weighted by Gasteiger charge is 2.23. The minimum absolute atomic E-state index is 0.0603. The van der Waals surface area contributed by atoms with Gasteiger partial charge in [-0.25, -0.2) is 9.37 Å². The number of hydrogen-bond donors (Lipinski definition) is 2. The van der Waals surface area contributed by atoms with Crippen molar-refractivity contribution in [1.29, 1.82) is 0 Å². The Labute approximate surface area is 172 Å². The van der Waals surface area contributed by atoms with Gasteiger partial charge in [-0.1, -0.05) is 20.8 Å². The average Bonchev–Trinajstić information content (AvgIpc) is 3.15. The van der Waals surface area contributed by atoms with Crippen LogP contribution in [0.1, 0.15) is 50.8 Å². The molecule has 7 heteroatoms. The molecule has 1 unspecified atom stereocenters. The molecule has 2 N–H and O–H groups in total. The first-order valence-electron chi connectivity index (χ1n) is 10.2. The minimum Gasteiger partial charge on any atom is -0.443 e. The molecule has 0 radical (unpaired) electrons. The van der Waals surface area contributed by atoms with Crippen molar-refractivity contribution in [2.45, 2.75) is 58.5 Å². The van der Waals surface area contributed by atoms with E-state index in [1.165, 1.54) is 6.07 Å². The number of anilines is 1. The highest BCUT2D eigenvalue weighted by Crippen LogP contribution is 2.25. The fraction of sp³-hybridized carbons (Fsp3) is 0.545. The molecular weight excluding hydrogens is 369 g/mol. The molecule has 158 valence electrons. The monoisotopic (exact) mass is 401 g/mol. The van der Waals surface area contributed by atoms with Crippen molar-refractivity contribution in [2.75, 3.05) is 25.0 Å². The van der Waals surface area contributed by atoms with E-state index < -0.39 is 0 Å². The van der Waals surface area contributed by atoms with E-state index in [0.717, 1.165) is 48.9 Å². The van der Waals surface area contributed by atoms with Crippen molar-refractivity contribution >= 4 is 11.6 Å². The van der Waals surface area contributed by atoms with Crippen LogP contribution in [0.4, 0.5) is 10.1 Å². The van der Waals surface area contributed by atoms with E-state index in [4.69, 9.17) is 4.42 Å². The summed E-state index contributed by atoms with van der Waals surface area (Å²) in [6.45, 7) is 10.6. The van der Waals surface area contributed by atoms with Gasteiger partial charge in [-0.05, 0) is 43.5 Å². The fourth-order valence-electron chi connectivity index (χ4n) is 3.57. The van der Waals surface area contributed by atoms with Gasteiger partial charge in [-0.15, -0.1) is 0 Å². The number of piperidine rings is 1. The molecule has 1 saturated heterocycles. The predicted octanol–water partition coefficient (Wildman–Crippen LogP) is 3.75. The fourth-order valence-corrected chi connectivity index (χ4v) is 3.57. The molecule has 2 aromatic rings. The second-order valence-electron chi connectivity index (χ2n) is 8.65. The SMILES string of the molecule is CN=C(NCc1ncc(C(C)(C)C)o1)NC1CCCN(c2ccc(F)cc2C)C1. The molecule has 0 spiro atoms. The van der Waals surface area contributed by atoms with Crippen molar-refractivity contribution in [3.05, 3.63) is 47.4 Å². The molecule has 0 bridgehead atoms. The van der Waals surface area contributed by atoms with Crippen molar-refractivity contribution in [1.82, 2.24) is 15.6 Å². The molecule has 0 amide bonds. The number of nitrogens with one attached hydrogen (secondary N) is 2. The van der Waals surface area contributed by atoms with E-state index in [2.05, 4.69) is 46.3 Å². The highest BCUT2D eigenvalue weighted by atomic mass is 19.1. The summed E-state index contributed by atoms with van der Waals surface area (Å²) in [4.78, 5) is 11.0. The number of hydrogen-bond acceptors (Lipinski definition) is 4. The van der Waals surface area contributed by atoms with Crippen molar-refractivity contribution in [2.24, 2.45) is 4.99 Å². The number of halogens is 1. The molecule has 6 nitrogen and oxygen atoms in total. The van der Waals surface area contributed by atoms with E-state index in [9.17, 15) is 4.39 Å². The zero-order valence-corrected chi connectivity index (χ0v) is 18.1. The van der Waals surface area contributed by atoms with Crippen LogP contribution in [-0.2, 0) is 12.0 Å². The van der Waals surface area contributed by atoms with Crippen LogP contribution in [0.3, 0.4) is 0 Å². The Morgan fingerprint density at radius 1 is 1.38 bits per heavy atom. The molecule has 1 aliphatic heterocycles. The highest BCUT2D eigenvalue weighted by molar-refractivity contribution is 5.80. The minimum atomic E-state index is -0.191. The molecule has 1 fully saturated rings. The van der Waals surface area contributed by atoms with Crippen LogP contribution in [0.5, 0.6) is 0 Å².